The van der Waals surface area contributed by atoms with E-state index in [-0.39, 0.29) is 11.4 Å². The molecule has 0 saturated carbocycles. The van der Waals surface area contributed by atoms with Gasteiger partial charge in [-0.1, -0.05) is 36.0 Å². The zero-order valence-electron chi connectivity index (χ0n) is 14.6. The summed E-state index contributed by atoms with van der Waals surface area (Å²) in [5, 5.41) is 1.02. The van der Waals surface area contributed by atoms with E-state index in [0.717, 1.165) is 5.56 Å². The summed E-state index contributed by atoms with van der Waals surface area (Å²) in [4.78, 5) is 21.9. The van der Waals surface area contributed by atoms with E-state index in [0.29, 0.717) is 33.1 Å². The maximum absolute atomic E-state index is 14.1. The van der Waals surface area contributed by atoms with Gasteiger partial charge >= 0.3 is 0 Å². The minimum absolute atomic E-state index is 0.211. The molecule has 27 heavy (non-hydrogen) atoms. The summed E-state index contributed by atoms with van der Waals surface area (Å²) in [7, 11) is 0. The first-order valence-electron chi connectivity index (χ1n) is 8.43. The lowest BCUT2D eigenvalue weighted by Gasteiger charge is -2.14. The summed E-state index contributed by atoms with van der Waals surface area (Å²) in [5.74, 6) is 0.253. The lowest BCUT2D eigenvalue weighted by atomic mass is 10.2. The van der Waals surface area contributed by atoms with Crippen molar-refractivity contribution in [3.63, 3.8) is 0 Å². The van der Waals surface area contributed by atoms with E-state index in [1.54, 1.807) is 43.6 Å². The lowest BCUT2D eigenvalue weighted by molar-refractivity contribution is 0.615. The molecular formula is C21H16FN3OS. The van der Waals surface area contributed by atoms with Crippen molar-refractivity contribution >= 4 is 22.7 Å². The molecule has 4 rings (SSSR count). The molecule has 4 nitrogen and oxygen atoms in total. The average molecular weight is 377 g/mol. The van der Waals surface area contributed by atoms with E-state index < -0.39 is 0 Å². The number of fused-ring (bicyclic) bond motifs is 1. The Kier molecular flexibility index (Phi) is 4.73. The second-order valence-corrected chi connectivity index (χ2v) is 7.08. The number of aromatic nitrogens is 3. The Balaban J connectivity index is 1.87. The highest BCUT2D eigenvalue weighted by atomic mass is 32.2. The quantitative estimate of drug-likeness (QED) is 0.387. The Morgan fingerprint density at radius 1 is 1.11 bits per heavy atom. The van der Waals surface area contributed by atoms with Crippen LogP contribution in [-0.2, 0) is 5.75 Å². The molecule has 0 amide bonds. The summed E-state index contributed by atoms with van der Waals surface area (Å²) in [5.41, 5.74) is 2.43. The van der Waals surface area contributed by atoms with Gasteiger partial charge in [-0.3, -0.25) is 14.3 Å². The normalized spacial score (nSPS) is 11.0. The Morgan fingerprint density at radius 3 is 2.74 bits per heavy atom. The fourth-order valence-electron chi connectivity index (χ4n) is 2.79. The van der Waals surface area contributed by atoms with E-state index >= 15 is 0 Å². The number of hydrogen-bond donors (Lipinski definition) is 0. The highest BCUT2D eigenvalue weighted by Crippen LogP contribution is 2.25. The van der Waals surface area contributed by atoms with E-state index in [1.165, 1.54) is 22.4 Å². The number of aryl methyl sites for hydroxylation is 1. The number of para-hydroxylation sites is 1. The van der Waals surface area contributed by atoms with Gasteiger partial charge in [0.05, 0.1) is 16.6 Å². The summed E-state index contributed by atoms with van der Waals surface area (Å²) < 4.78 is 15.6. The van der Waals surface area contributed by atoms with Crippen LogP contribution in [0.5, 0.6) is 0 Å². The minimum Gasteiger partial charge on any atom is -0.268 e. The number of halogens is 1. The fourth-order valence-corrected chi connectivity index (χ4v) is 3.74. The van der Waals surface area contributed by atoms with E-state index in [9.17, 15) is 9.18 Å². The first-order valence-corrected chi connectivity index (χ1v) is 9.42. The zero-order valence-corrected chi connectivity index (χ0v) is 15.4. The monoisotopic (exact) mass is 377 g/mol. The van der Waals surface area contributed by atoms with Crippen molar-refractivity contribution in [2.45, 2.75) is 17.8 Å². The number of benzene rings is 2. The number of rotatable bonds is 4. The topological polar surface area (TPSA) is 47.8 Å². The van der Waals surface area contributed by atoms with Gasteiger partial charge in [-0.05, 0) is 48.4 Å². The van der Waals surface area contributed by atoms with Crippen molar-refractivity contribution in [2.75, 3.05) is 0 Å². The third-order valence-corrected chi connectivity index (χ3v) is 5.26. The van der Waals surface area contributed by atoms with Gasteiger partial charge < -0.3 is 0 Å². The number of nitrogens with zero attached hydrogens (tertiary/aromatic N) is 3. The van der Waals surface area contributed by atoms with E-state index in [1.807, 2.05) is 24.3 Å². The predicted molar refractivity (Wildman–Crippen MR) is 106 cm³/mol. The number of hydrogen-bond acceptors (Lipinski definition) is 4. The van der Waals surface area contributed by atoms with Crippen LogP contribution in [0.1, 0.15) is 11.1 Å². The third-order valence-electron chi connectivity index (χ3n) is 4.25. The molecule has 0 atom stereocenters. The molecule has 2 aromatic heterocycles. The SMILES string of the molecule is Cc1ccc(-n2c(SCc3cccnc3)nc3ccccc3c2=O)cc1F. The van der Waals surface area contributed by atoms with Gasteiger partial charge in [0.1, 0.15) is 5.82 Å². The predicted octanol–water partition coefficient (Wildman–Crippen LogP) is 4.52. The molecule has 4 aromatic rings. The molecule has 134 valence electrons. The Hall–Kier alpha value is -2.99. The first-order chi connectivity index (χ1) is 13.1. The van der Waals surface area contributed by atoms with Gasteiger partial charge in [0, 0.05) is 18.1 Å². The molecule has 0 aliphatic carbocycles. The van der Waals surface area contributed by atoms with E-state index in [4.69, 9.17) is 0 Å². The van der Waals surface area contributed by atoms with E-state index in [2.05, 4.69) is 9.97 Å². The van der Waals surface area contributed by atoms with Crippen LogP contribution in [0, 0.1) is 12.7 Å². The minimum atomic E-state index is -0.351. The molecule has 2 heterocycles. The van der Waals surface area contributed by atoms with Crippen LogP contribution in [0.2, 0.25) is 0 Å². The van der Waals surface area contributed by atoms with Crippen molar-refractivity contribution in [1.82, 2.24) is 14.5 Å². The lowest BCUT2D eigenvalue weighted by Crippen LogP contribution is -2.22. The Labute approximate surface area is 159 Å². The molecule has 6 heteroatoms. The van der Waals surface area contributed by atoms with Crippen LogP contribution >= 0.6 is 11.8 Å². The van der Waals surface area contributed by atoms with Gasteiger partial charge in [0.25, 0.3) is 5.56 Å². The largest absolute Gasteiger partial charge is 0.268 e. The molecule has 0 radical (unpaired) electrons. The molecular weight excluding hydrogens is 361 g/mol. The number of pyridine rings is 1. The Bertz CT molecular complexity index is 1180. The first kappa shape index (κ1) is 17.4. The van der Waals surface area contributed by atoms with Gasteiger partial charge in [-0.15, -0.1) is 0 Å². The smallest absolute Gasteiger partial charge is 0.266 e. The van der Waals surface area contributed by atoms with Crippen LogP contribution in [0.25, 0.3) is 16.6 Å². The van der Waals surface area contributed by atoms with Crippen molar-refractivity contribution in [3.8, 4) is 5.69 Å². The molecule has 0 saturated heterocycles. The highest BCUT2D eigenvalue weighted by Gasteiger charge is 2.14. The van der Waals surface area contributed by atoms with Gasteiger partial charge in [0.15, 0.2) is 5.16 Å². The standard InChI is InChI=1S/C21H16FN3OS/c1-14-8-9-16(11-18(14)22)25-20(26)17-6-2-3-7-19(17)24-21(25)27-13-15-5-4-10-23-12-15/h2-12H,13H2,1H3. The summed E-state index contributed by atoms with van der Waals surface area (Å²) in [6.45, 7) is 1.69. The zero-order chi connectivity index (χ0) is 18.8. The molecule has 0 aliphatic heterocycles. The summed E-state index contributed by atoms with van der Waals surface area (Å²) in [6, 6.07) is 15.8. The van der Waals surface area contributed by atoms with Crippen molar-refractivity contribution in [3.05, 3.63) is 94.3 Å². The molecule has 0 unspecified atom stereocenters. The fraction of sp³-hybridized carbons (Fsp3) is 0.0952. The van der Waals surface area contributed by atoms with Gasteiger partial charge in [-0.2, -0.15) is 0 Å². The highest BCUT2D eigenvalue weighted by molar-refractivity contribution is 7.98. The van der Waals surface area contributed by atoms with Crippen LogP contribution in [-0.4, -0.2) is 14.5 Å². The maximum Gasteiger partial charge on any atom is 0.266 e. The molecule has 0 N–H and O–H groups in total. The average Bonchev–Trinajstić information content (AvgIpc) is 2.70. The van der Waals surface area contributed by atoms with Crippen LogP contribution in [0.4, 0.5) is 4.39 Å². The Morgan fingerprint density at radius 2 is 1.96 bits per heavy atom. The van der Waals surface area contributed by atoms with Gasteiger partial charge in [0.2, 0.25) is 0 Å². The molecule has 2 aromatic carbocycles. The third kappa shape index (κ3) is 3.48. The van der Waals surface area contributed by atoms with Gasteiger partial charge in [-0.25, -0.2) is 9.37 Å². The molecule has 0 spiro atoms. The van der Waals surface area contributed by atoms with Crippen LogP contribution in [0.3, 0.4) is 0 Å². The van der Waals surface area contributed by atoms with Crippen LogP contribution in [0.15, 0.2) is 76.9 Å². The van der Waals surface area contributed by atoms with Crippen LogP contribution < -0.4 is 5.56 Å². The van der Waals surface area contributed by atoms with Crippen molar-refractivity contribution < 1.29 is 4.39 Å². The summed E-state index contributed by atoms with van der Waals surface area (Å²) >= 11 is 1.42. The second kappa shape index (κ2) is 7.32. The molecule has 0 fully saturated rings. The number of thioether (sulfide) groups is 1. The second-order valence-electron chi connectivity index (χ2n) is 6.14. The maximum atomic E-state index is 14.1. The van der Waals surface area contributed by atoms with Crippen molar-refractivity contribution in [1.29, 1.82) is 0 Å². The summed E-state index contributed by atoms with van der Waals surface area (Å²) in [6.07, 6.45) is 3.50. The molecule has 0 bridgehead atoms. The van der Waals surface area contributed by atoms with Crippen molar-refractivity contribution in [2.24, 2.45) is 0 Å². The molecule has 0 aliphatic rings.